The van der Waals surface area contributed by atoms with Crippen LogP contribution in [0.2, 0.25) is 0 Å². The Balaban J connectivity index is 1.54. The Kier molecular flexibility index (Phi) is 6.44. The number of halogens is 5. The molecule has 2 aliphatic heterocycles. The number of carbonyl (C=O) groups excluding carboxylic acids is 1. The molecule has 31 heavy (non-hydrogen) atoms. The number of pyridine rings is 1. The molecule has 5 atom stereocenters. The zero-order valence-corrected chi connectivity index (χ0v) is 20.9. The Morgan fingerprint density at radius 2 is 1.94 bits per heavy atom. The first kappa shape index (κ1) is 23.7. The van der Waals surface area contributed by atoms with Gasteiger partial charge in [-0.2, -0.15) is 0 Å². The summed E-state index contributed by atoms with van der Waals surface area (Å²) in [5, 5.41) is 2.98. The molecule has 1 N–H and O–H groups in total. The van der Waals surface area contributed by atoms with Crippen LogP contribution >= 0.6 is 58.0 Å². The third kappa shape index (κ3) is 4.64. The molecule has 1 aromatic heterocycles. The van der Waals surface area contributed by atoms with Crippen LogP contribution in [0.1, 0.15) is 31.9 Å². The van der Waals surface area contributed by atoms with E-state index in [2.05, 4.69) is 5.32 Å². The topological polar surface area (TPSA) is 54.3 Å². The lowest BCUT2D eigenvalue weighted by Gasteiger charge is -2.47. The highest BCUT2D eigenvalue weighted by atomic mass is 35.6. The van der Waals surface area contributed by atoms with Crippen LogP contribution in [0.15, 0.2) is 33.6 Å². The molecule has 170 valence electrons. The van der Waals surface area contributed by atoms with Gasteiger partial charge in [-0.3, -0.25) is 14.5 Å². The van der Waals surface area contributed by atoms with Gasteiger partial charge in [0.2, 0.25) is 9.70 Å². The van der Waals surface area contributed by atoms with Gasteiger partial charge in [0.05, 0.1) is 5.92 Å². The van der Waals surface area contributed by atoms with Crippen molar-refractivity contribution in [1.29, 1.82) is 0 Å². The molecule has 2 bridgehead atoms. The molecule has 10 heteroatoms. The number of nitrogens with zero attached hydrogens (tertiary/aromatic N) is 2. The SMILES string of the molecule is CC1(C)C(C=C(Cl)Cl)C1C(=O)NC(N1CC2C[C@@H](C1)c1cccc(=O)n1C2)C(Cl)(Cl)Cl. The molecule has 1 aliphatic carbocycles. The summed E-state index contributed by atoms with van der Waals surface area (Å²) in [4.78, 5) is 27.4. The molecule has 0 radical (unpaired) electrons. The average Bonchev–Trinajstić information content (AvgIpc) is 3.18. The molecular formula is C21H24Cl5N3O2. The fourth-order valence-corrected chi connectivity index (χ4v) is 6.22. The van der Waals surface area contributed by atoms with Gasteiger partial charge in [0.15, 0.2) is 0 Å². The Morgan fingerprint density at radius 3 is 2.58 bits per heavy atom. The Morgan fingerprint density at radius 1 is 1.23 bits per heavy atom. The lowest BCUT2D eigenvalue weighted by atomic mass is 9.83. The van der Waals surface area contributed by atoms with E-state index in [0.717, 1.165) is 12.1 Å². The van der Waals surface area contributed by atoms with Crippen molar-refractivity contribution in [1.82, 2.24) is 14.8 Å². The minimum absolute atomic E-state index is 0.0138. The minimum Gasteiger partial charge on any atom is -0.336 e. The zero-order valence-electron chi connectivity index (χ0n) is 17.1. The van der Waals surface area contributed by atoms with Crippen LogP contribution in [0.3, 0.4) is 0 Å². The van der Waals surface area contributed by atoms with Crippen molar-refractivity contribution in [2.45, 2.75) is 42.7 Å². The second-order valence-electron chi connectivity index (χ2n) is 9.39. The molecule has 4 unspecified atom stereocenters. The molecule has 3 heterocycles. The molecule has 1 saturated carbocycles. The van der Waals surface area contributed by atoms with Crippen LogP contribution in [-0.2, 0) is 11.3 Å². The average molecular weight is 528 g/mol. The molecule has 3 aliphatic rings. The molecule has 0 spiro atoms. The highest BCUT2D eigenvalue weighted by Crippen LogP contribution is 2.60. The maximum absolute atomic E-state index is 13.1. The second kappa shape index (κ2) is 8.41. The summed E-state index contributed by atoms with van der Waals surface area (Å²) < 4.78 is 0.272. The highest BCUT2D eigenvalue weighted by molar-refractivity contribution is 6.68. The third-order valence-corrected chi connectivity index (χ3v) is 7.83. The number of nitrogens with one attached hydrogen (secondary N) is 1. The Labute approximate surface area is 206 Å². The number of rotatable bonds is 4. The van der Waals surface area contributed by atoms with Crippen LogP contribution in [0, 0.1) is 23.2 Å². The molecule has 4 rings (SSSR count). The summed E-state index contributed by atoms with van der Waals surface area (Å²) in [7, 11) is 0. The molecule has 1 amide bonds. The Hall–Kier alpha value is -0.430. The van der Waals surface area contributed by atoms with Gasteiger partial charge >= 0.3 is 0 Å². The first-order valence-corrected chi connectivity index (χ1v) is 12.1. The molecule has 2 fully saturated rings. The number of fused-ring (bicyclic) bond motifs is 4. The first-order chi connectivity index (χ1) is 14.4. The van der Waals surface area contributed by atoms with Crippen LogP contribution in [0.25, 0.3) is 0 Å². The molecular weight excluding hydrogens is 504 g/mol. The smallest absolute Gasteiger partial charge is 0.250 e. The fraction of sp³-hybridized carbons (Fsp3) is 0.619. The van der Waals surface area contributed by atoms with Crippen LogP contribution in [0.4, 0.5) is 0 Å². The van der Waals surface area contributed by atoms with Gasteiger partial charge in [-0.1, -0.05) is 77.9 Å². The van der Waals surface area contributed by atoms with E-state index in [1.165, 1.54) is 0 Å². The summed E-state index contributed by atoms with van der Waals surface area (Å²) in [6.45, 7) is 5.81. The number of hydrogen-bond donors (Lipinski definition) is 1. The number of allylic oxidation sites excluding steroid dienone is 1. The second-order valence-corrected chi connectivity index (χ2v) is 12.8. The number of carbonyl (C=O) groups is 1. The quantitative estimate of drug-likeness (QED) is 0.579. The summed E-state index contributed by atoms with van der Waals surface area (Å²) in [5.74, 6) is -0.201. The van der Waals surface area contributed by atoms with Crippen molar-refractivity contribution in [2.24, 2.45) is 23.2 Å². The zero-order chi connectivity index (χ0) is 22.7. The maximum atomic E-state index is 13.1. The van der Waals surface area contributed by atoms with E-state index in [1.807, 2.05) is 29.4 Å². The van der Waals surface area contributed by atoms with Gasteiger partial charge in [0.1, 0.15) is 10.7 Å². The van der Waals surface area contributed by atoms with E-state index in [9.17, 15) is 9.59 Å². The molecule has 5 nitrogen and oxygen atoms in total. The van der Waals surface area contributed by atoms with Crippen LogP contribution in [-0.4, -0.2) is 38.4 Å². The number of amides is 1. The van der Waals surface area contributed by atoms with Crippen molar-refractivity contribution in [3.8, 4) is 0 Å². The summed E-state index contributed by atoms with van der Waals surface area (Å²) >= 11 is 30.7. The van der Waals surface area contributed by atoms with Crippen LogP contribution < -0.4 is 10.9 Å². The van der Waals surface area contributed by atoms with E-state index in [4.69, 9.17) is 58.0 Å². The van der Waals surface area contributed by atoms with Crippen molar-refractivity contribution < 1.29 is 4.79 Å². The van der Waals surface area contributed by atoms with E-state index in [0.29, 0.717) is 19.6 Å². The highest BCUT2D eigenvalue weighted by Gasteiger charge is 2.61. The lowest BCUT2D eigenvalue weighted by Crippen LogP contribution is -2.60. The standard InChI is InChI=1S/C21H24Cl5N3O2/c1-20(2)13(7-15(22)23)17(20)18(31)27-19(21(24,25)26)28-8-11-6-12(10-28)14-4-3-5-16(30)29(14)9-11/h3-5,7,11-13,17,19H,6,8-10H2,1-2H3,(H,27,31)/t11?,12-,13?,17?,19?/m0/s1. The molecule has 1 saturated heterocycles. The van der Waals surface area contributed by atoms with Crippen molar-refractivity contribution in [3.63, 3.8) is 0 Å². The van der Waals surface area contributed by atoms with E-state index in [1.54, 1.807) is 18.2 Å². The monoisotopic (exact) mass is 525 g/mol. The lowest BCUT2D eigenvalue weighted by molar-refractivity contribution is -0.125. The summed E-state index contributed by atoms with van der Waals surface area (Å²) in [6.07, 6.45) is 1.87. The minimum atomic E-state index is -1.72. The van der Waals surface area contributed by atoms with Crippen LogP contribution in [0.5, 0.6) is 0 Å². The van der Waals surface area contributed by atoms with E-state index < -0.39 is 9.96 Å². The van der Waals surface area contributed by atoms with Crippen molar-refractivity contribution >= 4 is 63.9 Å². The largest absolute Gasteiger partial charge is 0.336 e. The van der Waals surface area contributed by atoms with Crippen molar-refractivity contribution in [2.75, 3.05) is 13.1 Å². The number of aromatic nitrogens is 1. The van der Waals surface area contributed by atoms with Gasteiger partial charge in [-0.25, -0.2) is 0 Å². The van der Waals surface area contributed by atoms with Gasteiger partial charge in [-0.15, -0.1) is 0 Å². The number of hydrogen-bond acceptors (Lipinski definition) is 3. The number of piperidine rings is 1. The van der Waals surface area contributed by atoms with Crippen molar-refractivity contribution in [3.05, 3.63) is 44.8 Å². The maximum Gasteiger partial charge on any atom is 0.250 e. The molecule has 0 aromatic carbocycles. The summed E-state index contributed by atoms with van der Waals surface area (Å²) in [5.41, 5.74) is 0.725. The van der Waals surface area contributed by atoms with Gasteiger partial charge in [-0.05, 0) is 35.8 Å². The predicted octanol–water partition coefficient (Wildman–Crippen LogP) is 4.67. The number of likely N-dealkylation sites (tertiary alicyclic amines) is 1. The van der Waals surface area contributed by atoms with Gasteiger partial charge in [0, 0.05) is 37.3 Å². The Bertz CT molecular complexity index is 966. The van der Waals surface area contributed by atoms with Gasteiger partial charge in [0.25, 0.3) is 5.56 Å². The normalized spacial score (nSPS) is 30.2. The third-order valence-electron chi connectivity index (χ3n) is 6.96. The predicted molar refractivity (Wildman–Crippen MR) is 126 cm³/mol. The molecule has 1 aromatic rings. The van der Waals surface area contributed by atoms with E-state index in [-0.39, 0.29) is 45.0 Å². The van der Waals surface area contributed by atoms with Gasteiger partial charge < -0.3 is 9.88 Å². The summed E-state index contributed by atoms with van der Waals surface area (Å²) in [6, 6.07) is 5.35. The number of alkyl halides is 3. The van der Waals surface area contributed by atoms with E-state index >= 15 is 0 Å². The first-order valence-electron chi connectivity index (χ1n) is 10.2. The fourth-order valence-electron chi connectivity index (χ4n) is 5.37.